The summed E-state index contributed by atoms with van der Waals surface area (Å²) < 4.78 is 35.5. The lowest BCUT2D eigenvalue weighted by molar-refractivity contribution is -0.286. The van der Waals surface area contributed by atoms with Crippen molar-refractivity contribution in [2.45, 2.75) is 12.8 Å². The van der Waals surface area contributed by atoms with E-state index in [4.69, 9.17) is 11.6 Å². The fourth-order valence-corrected chi connectivity index (χ4v) is 2.66. The third-order valence-electron chi connectivity index (χ3n) is 2.90. The molecule has 3 rings (SSSR count). The van der Waals surface area contributed by atoms with Crippen molar-refractivity contribution in [1.82, 2.24) is 0 Å². The van der Waals surface area contributed by atoms with Crippen LogP contribution in [0, 0.1) is 0 Å². The SMILES string of the molecule is FC1(F)Oc2ccc(NCc3ccc(Br)cc3Cl)cc2O1. The highest BCUT2D eigenvalue weighted by Gasteiger charge is 2.43. The number of halogens is 4. The minimum absolute atomic E-state index is 0.00639. The number of hydrogen-bond acceptors (Lipinski definition) is 3. The zero-order valence-corrected chi connectivity index (χ0v) is 12.8. The number of benzene rings is 2. The minimum atomic E-state index is -3.60. The first kappa shape index (κ1) is 14.4. The first-order valence-electron chi connectivity index (χ1n) is 6.01. The van der Waals surface area contributed by atoms with Crippen LogP contribution in [0.5, 0.6) is 11.5 Å². The lowest BCUT2D eigenvalue weighted by Crippen LogP contribution is -2.25. The quantitative estimate of drug-likeness (QED) is 0.814. The van der Waals surface area contributed by atoms with Crippen LogP contribution < -0.4 is 14.8 Å². The third-order valence-corrected chi connectivity index (χ3v) is 3.74. The van der Waals surface area contributed by atoms with Gasteiger partial charge in [-0.3, -0.25) is 0 Å². The van der Waals surface area contributed by atoms with Gasteiger partial charge >= 0.3 is 6.29 Å². The number of fused-ring (bicyclic) bond motifs is 1. The Morgan fingerprint density at radius 1 is 1.10 bits per heavy atom. The molecule has 0 unspecified atom stereocenters. The van der Waals surface area contributed by atoms with Crippen molar-refractivity contribution >= 4 is 33.2 Å². The molecule has 0 radical (unpaired) electrons. The standard InChI is InChI=1S/C14H9BrClF2NO2/c15-9-2-1-8(11(16)5-9)7-19-10-3-4-12-13(6-10)21-14(17,18)20-12/h1-6,19H,7H2. The van der Waals surface area contributed by atoms with E-state index in [1.54, 1.807) is 12.1 Å². The number of ether oxygens (including phenoxy) is 2. The lowest BCUT2D eigenvalue weighted by Gasteiger charge is -2.09. The summed E-state index contributed by atoms with van der Waals surface area (Å²) in [4.78, 5) is 0. The summed E-state index contributed by atoms with van der Waals surface area (Å²) in [6.07, 6.45) is -3.60. The zero-order chi connectivity index (χ0) is 15.0. The number of alkyl halides is 2. The van der Waals surface area contributed by atoms with Gasteiger partial charge in [-0.25, -0.2) is 0 Å². The van der Waals surface area contributed by atoms with Gasteiger partial charge in [0, 0.05) is 27.8 Å². The Hall–Kier alpha value is -1.53. The average Bonchev–Trinajstić information content (AvgIpc) is 2.70. The number of rotatable bonds is 3. The van der Waals surface area contributed by atoms with Crippen molar-refractivity contribution in [3.05, 3.63) is 51.5 Å². The molecule has 0 bridgehead atoms. The summed E-state index contributed by atoms with van der Waals surface area (Å²) in [5.41, 5.74) is 1.52. The predicted octanol–water partition coefficient (Wildman–Crippen LogP) is 5.04. The van der Waals surface area contributed by atoms with Crippen LogP contribution >= 0.6 is 27.5 Å². The molecule has 0 atom stereocenters. The van der Waals surface area contributed by atoms with E-state index in [9.17, 15) is 8.78 Å². The predicted molar refractivity (Wildman–Crippen MR) is 79.1 cm³/mol. The van der Waals surface area contributed by atoms with Crippen molar-refractivity contribution in [2.75, 3.05) is 5.32 Å². The molecule has 1 aliphatic rings. The molecular formula is C14H9BrClF2NO2. The normalized spacial score (nSPS) is 15.0. The van der Waals surface area contributed by atoms with Crippen LogP contribution in [-0.2, 0) is 6.54 Å². The Bertz CT molecular complexity index is 697. The van der Waals surface area contributed by atoms with E-state index in [0.29, 0.717) is 17.3 Å². The topological polar surface area (TPSA) is 30.5 Å². The van der Waals surface area contributed by atoms with Gasteiger partial charge in [0.15, 0.2) is 11.5 Å². The molecule has 2 aromatic carbocycles. The average molecular weight is 377 g/mol. The van der Waals surface area contributed by atoms with Gasteiger partial charge in [0.25, 0.3) is 0 Å². The molecule has 0 amide bonds. The fraction of sp³-hybridized carbons (Fsp3) is 0.143. The summed E-state index contributed by atoms with van der Waals surface area (Å²) in [5, 5.41) is 3.71. The van der Waals surface area contributed by atoms with E-state index in [2.05, 4.69) is 30.7 Å². The van der Waals surface area contributed by atoms with E-state index < -0.39 is 6.29 Å². The second-order valence-corrected chi connectivity index (χ2v) is 5.74. The number of anilines is 1. The third kappa shape index (κ3) is 3.22. The van der Waals surface area contributed by atoms with Crippen LogP contribution in [0.4, 0.5) is 14.5 Å². The second kappa shape index (κ2) is 5.35. The van der Waals surface area contributed by atoms with Crippen molar-refractivity contribution in [3.63, 3.8) is 0 Å². The maximum Gasteiger partial charge on any atom is 0.586 e. The highest BCUT2D eigenvalue weighted by molar-refractivity contribution is 9.10. The van der Waals surface area contributed by atoms with Crippen molar-refractivity contribution < 1.29 is 18.3 Å². The van der Waals surface area contributed by atoms with Gasteiger partial charge in [-0.15, -0.1) is 8.78 Å². The van der Waals surface area contributed by atoms with Gasteiger partial charge in [-0.05, 0) is 29.8 Å². The largest absolute Gasteiger partial charge is 0.586 e. The van der Waals surface area contributed by atoms with Gasteiger partial charge in [0.2, 0.25) is 0 Å². The number of hydrogen-bond donors (Lipinski definition) is 1. The van der Waals surface area contributed by atoms with E-state index in [1.807, 2.05) is 12.1 Å². The fourth-order valence-electron chi connectivity index (χ4n) is 1.92. The lowest BCUT2D eigenvalue weighted by atomic mass is 10.2. The molecule has 2 aromatic rings. The Labute approximate surface area is 132 Å². The van der Waals surface area contributed by atoms with Crippen molar-refractivity contribution in [2.24, 2.45) is 0 Å². The summed E-state index contributed by atoms with van der Waals surface area (Å²) in [6, 6.07) is 10.1. The molecule has 110 valence electrons. The van der Waals surface area contributed by atoms with Crippen molar-refractivity contribution in [3.8, 4) is 11.5 Å². The molecule has 0 saturated heterocycles. The molecular weight excluding hydrogens is 368 g/mol. The van der Waals surface area contributed by atoms with Gasteiger partial charge < -0.3 is 14.8 Å². The van der Waals surface area contributed by atoms with Crippen molar-refractivity contribution in [1.29, 1.82) is 0 Å². The Balaban J connectivity index is 1.72. The van der Waals surface area contributed by atoms with Crippen LogP contribution in [-0.4, -0.2) is 6.29 Å². The summed E-state index contributed by atoms with van der Waals surface area (Å²) >= 11 is 9.44. The Morgan fingerprint density at radius 2 is 1.86 bits per heavy atom. The van der Waals surface area contributed by atoms with Crippen LogP contribution in [0.3, 0.4) is 0 Å². The highest BCUT2D eigenvalue weighted by atomic mass is 79.9. The minimum Gasteiger partial charge on any atom is -0.395 e. The zero-order valence-electron chi connectivity index (χ0n) is 10.5. The summed E-state index contributed by atoms with van der Waals surface area (Å²) in [7, 11) is 0. The molecule has 0 fully saturated rings. The molecule has 0 aromatic heterocycles. The molecule has 21 heavy (non-hydrogen) atoms. The molecule has 7 heteroatoms. The van der Waals surface area contributed by atoms with Gasteiger partial charge in [0.05, 0.1) is 0 Å². The first-order chi connectivity index (χ1) is 9.93. The van der Waals surface area contributed by atoms with E-state index in [0.717, 1.165) is 10.0 Å². The highest BCUT2D eigenvalue weighted by Crippen LogP contribution is 2.42. The Morgan fingerprint density at radius 3 is 2.62 bits per heavy atom. The van der Waals surface area contributed by atoms with E-state index in [-0.39, 0.29) is 11.5 Å². The molecule has 0 aliphatic carbocycles. The smallest absolute Gasteiger partial charge is 0.395 e. The molecule has 1 N–H and O–H groups in total. The monoisotopic (exact) mass is 375 g/mol. The first-order valence-corrected chi connectivity index (χ1v) is 7.18. The summed E-state index contributed by atoms with van der Waals surface area (Å²) in [6.45, 7) is 0.460. The molecule has 0 saturated carbocycles. The maximum atomic E-state index is 12.9. The van der Waals surface area contributed by atoms with E-state index >= 15 is 0 Å². The molecule has 1 aliphatic heterocycles. The summed E-state index contributed by atoms with van der Waals surface area (Å²) in [5.74, 6) is 0.0270. The van der Waals surface area contributed by atoms with Crippen LogP contribution in [0.1, 0.15) is 5.56 Å². The number of nitrogens with one attached hydrogen (secondary N) is 1. The van der Waals surface area contributed by atoms with Crippen LogP contribution in [0.25, 0.3) is 0 Å². The van der Waals surface area contributed by atoms with E-state index in [1.165, 1.54) is 12.1 Å². The maximum absolute atomic E-state index is 12.9. The Kier molecular flexibility index (Phi) is 3.67. The van der Waals surface area contributed by atoms with Crippen LogP contribution in [0.15, 0.2) is 40.9 Å². The van der Waals surface area contributed by atoms with Gasteiger partial charge in [0.1, 0.15) is 0 Å². The molecule has 0 spiro atoms. The van der Waals surface area contributed by atoms with Crippen LogP contribution in [0.2, 0.25) is 5.02 Å². The molecule has 3 nitrogen and oxygen atoms in total. The van der Waals surface area contributed by atoms with Gasteiger partial charge in [-0.2, -0.15) is 0 Å². The molecule has 1 heterocycles. The van der Waals surface area contributed by atoms with Gasteiger partial charge in [-0.1, -0.05) is 33.6 Å². The second-order valence-electron chi connectivity index (χ2n) is 4.42.